The minimum atomic E-state index is 0.160. The maximum absolute atomic E-state index is 13.0. The van der Waals surface area contributed by atoms with Crippen molar-refractivity contribution in [3.05, 3.63) is 70.9 Å². The van der Waals surface area contributed by atoms with Gasteiger partial charge in [0, 0.05) is 49.7 Å². The highest BCUT2D eigenvalue weighted by molar-refractivity contribution is 9.10. The number of piperazine rings is 1. The number of carbonyl (C=O) groups is 1. The van der Waals surface area contributed by atoms with Crippen LogP contribution in [0.3, 0.4) is 0 Å². The van der Waals surface area contributed by atoms with Crippen molar-refractivity contribution in [1.82, 2.24) is 14.7 Å². The van der Waals surface area contributed by atoms with Crippen molar-refractivity contribution >= 4 is 21.8 Å². The van der Waals surface area contributed by atoms with Gasteiger partial charge in [-0.15, -0.1) is 0 Å². The van der Waals surface area contributed by atoms with Crippen LogP contribution in [0.25, 0.3) is 0 Å². The fourth-order valence-corrected chi connectivity index (χ4v) is 4.69. The van der Waals surface area contributed by atoms with Gasteiger partial charge in [-0.05, 0) is 55.4 Å². The van der Waals surface area contributed by atoms with Gasteiger partial charge in [0.1, 0.15) is 0 Å². The van der Waals surface area contributed by atoms with Gasteiger partial charge in [0.2, 0.25) is 5.91 Å². The summed E-state index contributed by atoms with van der Waals surface area (Å²) < 4.78 is 1.16. The van der Waals surface area contributed by atoms with Crippen LogP contribution in [0.15, 0.2) is 65.3 Å². The number of nitrogens with zero attached hydrogens (tertiary/aromatic N) is 3. The quantitative estimate of drug-likeness (QED) is 0.617. The van der Waals surface area contributed by atoms with Crippen LogP contribution < -0.4 is 5.73 Å². The highest BCUT2D eigenvalue weighted by Crippen LogP contribution is 2.23. The normalized spacial score (nSPS) is 20.0. The summed E-state index contributed by atoms with van der Waals surface area (Å²) >= 11 is 3.63. The molecule has 2 aliphatic heterocycles. The summed E-state index contributed by atoms with van der Waals surface area (Å²) in [5.74, 6) is 0.506. The summed E-state index contributed by atoms with van der Waals surface area (Å²) in [6.07, 6.45) is 9.15. The van der Waals surface area contributed by atoms with E-state index in [1.54, 1.807) is 12.3 Å². The first-order valence-corrected chi connectivity index (χ1v) is 11.6. The number of nitrogens with two attached hydrogens (primary N) is 1. The Labute approximate surface area is 189 Å². The average Bonchev–Trinajstić information content (AvgIpc) is 2.76. The van der Waals surface area contributed by atoms with Gasteiger partial charge in [-0.1, -0.05) is 52.9 Å². The third-order valence-corrected chi connectivity index (χ3v) is 6.79. The van der Waals surface area contributed by atoms with Crippen LogP contribution in [0.5, 0.6) is 0 Å². The van der Waals surface area contributed by atoms with Crippen LogP contribution in [-0.4, -0.2) is 66.4 Å². The highest BCUT2D eigenvalue weighted by Gasteiger charge is 2.30. The Morgan fingerprint density at radius 2 is 1.80 bits per heavy atom. The number of piperidine rings is 1. The molecular formula is C24H33BrN4O. The predicted molar refractivity (Wildman–Crippen MR) is 127 cm³/mol. The molecular weight excluding hydrogens is 440 g/mol. The van der Waals surface area contributed by atoms with Gasteiger partial charge < -0.3 is 10.6 Å². The lowest BCUT2D eigenvalue weighted by Gasteiger charge is -2.38. The molecule has 1 aromatic rings. The van der Waals surface area contributed by atoms with Crippen LogP contribution in [0.2, 0.25) is 0 Å². The van der Waals surface area contributed by atoms with Gasteiger partial charge in [-0.2, -0.15) is 0 Å². The number of amides is 1. The lowest BCUT2D eigenvalue weighted by Crippen LogP contribution is -2.51. The van der Waals surface area contributed by atoms with E-state index in [1.165, 1.54) is 5.56 Å². The summed E-state index contributed by atoms with van der Waals surface area (Å²) in [6.45, 7) is 11.0. The van der Waals surface area contributed by atoms with E-state index in [9.17, 15) is 4.79 Å². The second-order valence-electron chi connectivity index (χ2n) is 8.08. The Hall–Kier alpha value is -1.89. The molecule has 1 aromatic carbocycles. The standard InChI is InChI=1S/C24H33BrN4O/c1-2-5-20(8-11-26)18-27-12-9-21(10-13-27)24(30)29-16-14-28(15-17-29)19-22-6-3-4-7-23(22)25/h2-8,11,21H,1,9-10,12-19,26H2/b11-8-,20-5+. The molecule has 1 amide bonds. The molecule has 6 heteroatoms. The Bertz CT molecular complexity index is 775. The molecule has 0 spiro atoms. The maximum atomic E-state index is 13.0. The van der Waals surface area contributed by atoms with Gasteiger partial charge >= 0.3 is 0 Å². The molecule has 3 rings (SSSR count). The van der Waals surface area contributed by atoms with Gasteiger partial charge in [-0.3, -0.25) is 14.6 Å². The van der Waals surface area contributed by atoms with Gasteiger partial charge in [0.15, 0.2) is 0 Å². The fourth-order valence-electron chi connectivity index (χ4n) is 4.28. The number of hydrogen-bond donors (Lipinski definition) is 1. The SMILES string of the molecule is C=C/C=C(\C=C/N)CN1CCC(C(=O)N2CCN(Cc3ccccc3Br)CC2)CC1. The van der Waals surface area contributed by atoms with Crippen molar-refractivity contribution in [1.29, 1.82) is 0 Å². The molecule has 30 heavy (non-hydrogen) atoms. The topological polar surface area (TPSA) is 52.8 Å². The van der Waals surface area contributed by atoms with Crippen LogP contribution in [0.1, 0.15) is 18.4 Å². The van der Waals surface area contributed by atoms with Gasteiger partial charge in [0.25, 0.3) is 0 Å². The molecule has 5 nitrogen and oxygen atoms in total. The molecule has 2 N–H and O–H groups in total. The molecule has 0 bridgehead atoms. The predicted octanol–water partition coefficient (Wildman–Crippen LogP) is 3.39. The zero-order chi connectivity index (χ0) is 21.3. The van der Waals surface area contributed by atoms with Gasteiger partial charge in [0.05, 0.1) is 0 Å². The monoisotopic (exact) mass is 472 g/mol. The Morgan fingerprint density at radius 1 is 1.10 bits per heavy atom. The number of allylic oxidation sites excluding steroid dienone is 2. The Balaban J connectivity index is 1.43. The summed E-state index contributed by atoms with van der Waals surface area (Å²) in [7, 11) is 0. The van der Waals surface area contributed by atoms with Gasteiger partial charge in [-0.25, -0.2) is 0 Å². The fraction of sp³-hybridized carbons (Fsp3) is 0.458. The van der Waals surface area contributed by atoms with E-state index in [2.05, 4.69) is 55.4 Å². The van der Waals surface area contributed by atoms with Crippen LogP contribution in [-0.2, 0) is 11.3 Å². The van der Waals surface area contributed by atoms with Crippen molar-refractivity contribution in [2.24, 2.45) is 11.7 Å². The van der Waals surface area contributed by atoms with E-state index >= 15 is 0 Å². The number of benzene rings is 1. The minimum absolute atomic E-state index is 0.160. The smallest absolute Gasteiger partial charge is 0.225 e. The molecule has 162 valence electrons. The molecule has 0 aromatic heterocycles. The van der Waals surface area contributed by atoms with E-state index in [1.807, 2.05) is 18.2 Å². The van der Waals surface area contributed by atoms with Crippen LogP contribution in [0, 0.1) is 5.92 Å². The first-order valence-electron chi connectivity index (χ1n) is 10.8. The molecule has 2 heterocycles. The molecule has 0 radical (unpaired) electrons. The van der Waals surface area contributed by atoms with E-state index < -0.39 is 0 Å². The summed E-state index contributed by atoms with van der Waals surface area (Å²) in [6, 6.07) is 8.37. The first kappa shape index (κ1) is 22.8. The van der Waals surface area contributed by atoms with Crippen molar-refractivity contribution in [3.8, 4) is 0 Å². The highest BCUT2D eigenvalue weighted by atomic mass is 79.9. The van der Waals surface area contributed by atoms with E-state index in [0.29, 0.717) is 5.91 Å². The maximum Gasteiger partial charge on any atom is 0.225 e. The zero-order valence-corrected chi connectivity index (χ0v) is 19.3. The van der Waals surface area contributed by atoms with Crippen LogP contribution in [0.4, 0.5) is 0 Å². The molecule has 2 saturated heterocycles. The summed E-state index contributed by atoms with van der Waals surface area (Å²) in [5.41, 5.74) is 8.00. The van der Waals surface area contributed by atoms with E-state index in [4.69, 9.17) is 5.73 Å². The van der Waals surface area contributed by atoms with Crippen molar-refractivity contribution in [3.63, 3.8) is 0 Å². The molecule has 2 aliphatic rings. The zero-order valence-electron chi connectivity index (χ0n) is 17.7. The van der Waals surface area contributed by atoms with E-state index in [-0.39, 0.29) is 5.92 Å². The average molecular weight is 473 g/mol. The molecule has 2 fully saturated rings. The summed E-state index contributed by atoms with van der Waals surface area (Å²) in [5, 5.41) is 0. The van der Waals surface area contributed by atoms with E-state index in [0.717, 1.165) is 75.2 Å². The number of likely N-dealkylation sites (tertiary alicyclic amines) is 1. The van der Waals surface area contributed by atoms with Crippen LogP contribution >= 0.6 is 15.9 Å². The lowest BCUT2D eigenvalue weighted by molar-refractivity contribution is -0.138. The third-order valence-electron chi connectivity index (χ3n) is 6.02. The second-order valence-corrected chi connectivity index (χ2v) is 8.93. The Morgan fingerprint density at radius 3 is 2.43 bits per heavy atom. The first-order chi connectivity index (χ1) is 14.6. The third kappa shape index (κ3) is 6.30. The van der Waals surface area contributed by atoms with Crippen molar-refractivity contribution in [2.75, 3.05) is 45.8 Å². The number of hydrogen-bond acceptors (Lipinski definition) is 4. The van der Waals surface area contributed by atoms with Crippen molar-refractivity contribution in [2.45, 2.75) is 19.4 Å². The largest absolute Gasteiger partial charge is 0.405 e. The lowest BCUT2D eigenvalue weighted by atomic mass is 9.94. The minimum Gasteiger partial charge on any atom is -0.405 e. The molecule has 0 atom stereocenters. The molecule has 0 aliphatic carbocycles. The Kier molecular flexibility index (Phi) is 8.73. The number of rotatable bonds is 7. The number of carbonyl (C=O) groups excluding carboxylic acids is 1. The van der Waals surface area contributed by atoms with Crippen molar-refractivity contribution < 1.29 is 4.79 Å². The molecule has 0 unspecified atom stereocenters. The number of halogens is 1. The summed E-state index contributed by atoms with van der Waals surface area (Å²) in [4.78, 5) is 19.9. The molecule has 0 saturated carbocycles. The second kappa shape index (κ2) is 11.5.